The zero-order valence-electron chi connectivity index (χ0n) is 36.0. The van der Waals surface area contributed by atoms with Gasteiger partial charge in [0.2, 0.25) is 5.91 Å². The molecule has 0 heterocycles. The third-order valence-corrected chi connectivity index (χ3v) is 10.7. The molecular weight excluding hydrogens is 671 g/mol. The zero-order valence-corrected chi connectivity index (χ0v) is 36.0. The van der Waals surface area contributed by atoms with Gasteiger partial charge in [0.25, 0.3) is 0 Å². The van der Waals surface area contributed by atoms with E-state index in [1.807, 2.05) is 6.08 Å². The highest BCUT2D eigenvalue weighted by Crippen LogP contribution is 2.15. The molecule has 0 aromatic carbocycles. The summed E-state index contributed by atoms with van der Waals surface area (Å²) in [4.78, 5) is 24.4. The maximum atomic E-state index is 12.4. The van der Waals surface area contributed by atoms with E-state index in [-0.39, 0.29) is 18.5 Å². The lowest BCUT2D eigenvalue weighted by molar-refractivity contribution is -0.143. The van der Waals surface area contributed by atoms with E-state index in [9.17, 15) is 19.8 Å². The second-order valence-corrected chi connectivity index (χ2v) is 16.1. The molecule has 1 amide bonds. The summed E-state index contributed by atoms with van der Waals surface area (Å²) in [5, 5.41) is 23.0. The number of allylic oxidation sites excluding steroid dienone is 3. The molecule has 0 aliphatic carbocycles. The number of unbranched alkanes of at least 4 members (excludes halogenated alkanes) is 30. The molecule has 318 valence electrons. The SMILES string of the molecule is CCCCC/C=C\CCCCCCCC(=O)OCCCCCCCCCCCCCCC(=O)NC(CO)C(O)/C=C/CCCCCCCCCCCCC. The monoisotopic (exact) mass is 762 g/mol. The molecule has 2 atom stereocenters. The fourth-order valence-corrected chi connectivity index (χ4v) is 7.04. The quantitative estimate of drug-likeness (QED) is 0.0327. The Bertz CT molecular complexity index is 843. The lowest BCUT2D eigenvalue weighted by atomic mass is 10.0. The first-order valence-corrected chi connectivity index (χ1v) is 23.6. The number of amides is 1. The molecule has 2 unspecified atom stereocenters. The minimum Gasteiger partial charge on any atom is -0.466 e. The van der Waals surface area contributed by atoms with Gasteiger partial charge in [0, 0.05) is 12.8 Å². The maximum absolute atomic E-state index is 12.4. The zero-order chi connectivity index (χ0) is 39.4. The largest absolute Gasteiger partial charge is 0.466 e. The molecule has 6 heteroatoms. The van der Waals surface area contributed by atoms with Crippen molar-refractivity contribution in [2.24, 2.45) is 0 Å². The van der Waals surface area contributed by atoms with E-state index in [0.29, 0.717) is 19.4 Å². The van der Waals surface area contributed by atoms with Gasteiger partial charge in [0.05, 0.1) is 25.4 Å². The van der Waals surface area contributed by atoms with Crippen molar-refractivity contribution in [2.75, 3.05) is 13.2 Å². The Morgan fingerprint density at radius 3 is 1.35 bits per heavy atom. The summed E-state index contributed by atoms with van der Waals surface area (Å²) in [5.41, 5.74) is 0. The van der Waals surface area contributed by atoms with Gasteiger partial charge in [-0.1, -0.05) is 199 Å². The number of rotatable bonds is 43. The molecule has 0 aromatic rings. The van der Waals surface area contributed by atoms with Crippen LogP contribution in [-0.2, 0) is 14.3 Å². The molecule has 0 aromatic heterocycles. The van der Waals surface area contributed by atoms with E-state index in [2.05, 4.69) is 31.3 Å². The van der Waals surface area contributed by atoms with E-state index >= 15 is 0 Å². The van der Waals surface area contributed by atoms with Gasteiger partial charge in [-0.3, -0.25) is 9.59 Å². The maximum Gasteiger partial charge on any atom is 0.305 e. The molecule has 0 aliphatic rings. The summed E-state index contributed by atoms with van der Waals surface area (Å²) in [6, 6.07) is -0.638. The van der Waals surface area contributed by atoms with Crippen LogP contribution < -0.4 is 5.32 Å². The van der Waals surface area contributed by atoms with Gasteiger partial charge >= 0.3 is 5.97 Å². The molecule has 54 heavy (non-hydrogen) atoms. The van der Waals surface area contributed by atoms with Crippen molar-refractivity contribution in [1.82, 2.24) is 5.32 Å². The van der Waals surface area contributed by atoms with Gasteiger partial charge in [0.1, 0.15) is 0 Å². The van der Waals surface area contributed by atoms with Crippen LogP contribution in [0.5, 0.6) is 0 Å². The number of aliphatic hydroxyl groups excluding tert-OH is 2. The van der Waals surface area contributed by atoms with Gasteiger partial charge in [-0.2, -0.15) is 0 Å². The topological polar surface area (TPSA) is 95.9 Å². The number of ether oxygens (including phenoxy) is 1. The van der Waals surface area contributed by atoms with Crippen LogP contribution in [0.2, 0.25) is 0 Å². The Labute approximate surface area is 335 Å². The number of esters is 1. The number of carbonyl (C=O) groups is 2. The highest BCUT2D eigenvalue weighted by molar-refractivity contribution is 5.76. The summed E-state index contributed by atoms with van der Waals surface area (Å²) in [5.74, 6) is -0.107. The second-order valence-electron chi connectivity index (χ2n) is 16.1. The van der Waals surface area contributed by atoms with Crippen molar-refractivity contribution >= 4 is 11.9 Å². The smallest absolute Gasteiger partial charge is 0.305 e. The fraction of sp³-hybridized carbons (Fsp3) is 0.875. The van der Waals surface area contributed by atoms with Crippen LogP contribution in [0.4, 0.5) is 0 Å². The summed E-state index contributed by atoms with van der Waals surface area (Å²) < 4.78 is 5.43. The lowest BCUT2D eigenvalue weighted by Gasteiger charge is -2.20. The van der Waals surface area contributed by atoms with Crippen molar-refractivity contribution in [1.29, 1.82) is 0 Å². The van der Waals surface area contributed by atoms with E-state index in [1.165, 1.54) is 161 Å². The van der Waals surface area contributed by atoms with Crippen molar-refractivity contribution < 1.29 is 24.5 Å². The molecule has 0 saturated carbocycles. The Hall–Kier alpha value is -1.66. The van der Waals surface area contributed by atoms with Gasteiger partial charge < -0.3 is 20.3 Å². The average molecular weight is 762 g/mol. The first kappa shape index (κ1) is 52.3. The Balaban J connectivity index is 3.51. The van der Waals surface area contributed by atoms with E-state index in [4.69, 9.17) is 4.74 Å². The van der Waals surface area contributed by atoms with Crippen molar-refractivity contribution in [3.8, 4) is 0 Å². The predicted molar refractivity (Wildman–Crippen MR) is 232 cm³/mol. The number of hydrogen-bond donors (Lipinski definition) is 3. The molecule has 0 radical (unpaired) electrons. The summed E-state index contributed by atoms with van der Waals surface area (Å²) in [6.07, 6.45) is 50.2. The van der Waals surface area contributed by atoms with E-state index < -0.39 is 12.1 Å². The number of carbonyl (C=O) groups excluding carboxylic acids is 2. The van der Waals surface area contributed by atoms with Crippen LogP contribution in [0.15, 0.2) is 24.3 Å². The highest BCUT2D eigenvalue weighted by atomic mass is 16.5. The molecule has 0 spiro atoms. The van der Waals surface area contributed by atoms with Crippen LogP contribution in [-0.4, -0.2) is 47.4 Å². The summed E-state index contributed by atoms with van der Waals surface area (Å²) in [7, 11) is 0. The van der Waals surface area contributed by atoms with Crippen molar-refractivity contribution in [2.45, 2.75) is 257 Å². The van der Waals surface area contributed by atoms with Crippen molar-refractivity contribution in [3.05, 3.63) is 24.3 Å². The third-order valence-electron chi connectivity index (χ3n) is 10.7. The van der Waals surface area contributed by atoms with E-state index in [1.54, 1.807) is 6.08 Å². The first-order valence-electron chi connectivity index (χ1n) is 23.6. The van der Waals surface area contributed by atoms with Crippen LogP contribution in [0, 0.1) is 0 Å². The predicted octanol–water partition coefficient (Wildman–Crippen LogP) is 13.6. The minimum atomic E-state index is -0.853. The Morgan fingerprint density at radius 2 is 0.870 bits per heavy atom. The molecule has 6 nitrogen and oxygen atoms in total. The lowest BCUT2D eigenvalue weighted by Crippen LogP contribution is -2.45. The molecule has 0 aliphatic heterocycles. The molecule has 0 fully saturated rings. The average Bonchev–Trinajstić information content (AvgIpc) is 3.17. The molecule has 3 N–H and O–H groups in total. The number of aliphatic hydroxyl groups is 2. The Morgan fingerprint density at radius 1 is 0.500 bits per heavy atom. The van der Waals surface area contributed by atoms with Crippen LogP contribution in [0.25, 0.3) is 0 Å². The number of hydrogen-bond acceptors (Lipinski definition) is 5. The van der Waals surface area contributed by atoms with Crippen LogP contribution in [0.3, 0.4) is 0 Å². The standard InChI is InChI=1S/C48H91NO5/c1-3-5-7-9-11-13-15-17-20-24-28-32-36-40-46(51)45(44-50)49-47(52)41-37-33-29-25-21-18-19-23-27-31-35-39-43-54-48(53)42-38-34-30-26-22-16-14-12-10-8-6-4-2/h12,14,36,40,45-46,50-51H,3-11,13,15-35,37-39,41-44H2,1-2H3,(H,49,52)/b14-12-,40-36+. The Kier molecular flexibility index (Phi) is 42.7. The highest BCUT2D eigenvalue weighted by Gasteiger charge is 2.18. The molecule has 0 rings (SSSR count). The second kappa shape index (κ2) is 44.1. The first-order chi connectivity index (χ1) is 26.5. The van der Waals surface area contributed by atoms with Gasteiger partial charge in [-0.15, -0.1) is 0 Å². The van der Waals surface area contributed by atoms with Crippen LogP contribution in [0.1, 0.15) is 245 Å². The minimum absolute atomic E-state index is 0.0216. The normalized spacial score (nSPS) is 12.9. The van der Waals surface area contributed by atoms with Gasteiger partial charge in [0.15, 0.2) is 0 Å². The number of nitrogens with one attached hydrogen (secondary N) is 1. The summed E-state index contributed by atoms with van der Waals surface area (Å²) in [6.45, 7) is 4.83. The molecular formula is C48H91NO5. The van der Waals surface area contributed by atoms with Gasteiger partial charge in [-0.25, -0.2) is 0 Å². The fourth-order valence-electron chi connectivity index (χ4n) is 7.04. The van der Waals surface area contributed by atoms with E-state index in [0.717, 1.165) is 57.8 Å². The van der Waals surface area contributed by atoms with Gasteiger partial charge in [-0.05, 0) is 57.8 Å². The summed E-state index contributed by atoms with van der Waals surface area (Å²) >= 11 is 0. The third kappa shape index (κ3) is 40.0. The molecule has 0 bridgehead atoms. The van der Waals surface area contributed by atoms with Crippen molar-refractivity contribution in [3.63, 3.8) is 0 Å². The van der Waals surface area contributed by atoms with Crippen LogP contribution >= 0.6 is 0 Å². The molecule has 0 saturated heterocycles.